The van der Waals surface area contributed by atoms with Gasteiger partial charge in [-0.2, -0.15) is 8.42 Å². The van der Waals surface area contributed by atoms with Crippen molar-refractivity contribution in [3.63, 3.8) is 0 Å². The summed E-state index contributed by atoms with van der Waals surface area (Å²) in [4.78, 5) is -0.0666. The van der Waals surface area contributed by atoms with Gasteiger partial charge in [0.2, 0.25) is 0 Å². The van der Waals surface area contributed by atoms with E-state index in [1.807, 2.05) is 6.92 Å². The van der Waals surface area contributed by atoms with Crippen LogP contribution < -0.4 is 0 Å². The fourth-order valence-corrected chi connectivity index (χ4v) is 1.19. The third-order valence-corrected chi connectivity index (χ3v) is 2.19. The van der Waals surface area contributed by atoms with Crippen molar-refractivity contribution in [2.24, 2.45) is 0 Å². The van der Waals surface area contributed by atoms with Crippen molar-refractivity contribution in [3.05, 3.63) is 41.9 Å². The van der Waals surface area contributed by atoms with Crippen molar-refractivity contribution < 1.29 is 13.0 Å². The molecule has 0 fully saturated rings. The lowest BCUT2D eigenvalue weighted by atomic mass is 10.2. The van der Waals surface area contributed by atoms with E-state index >= 15 is 0 Å². The van der Waals surface area contributed by atoms with Gasteiger partial charge in [0.1, 0.15) is 0 Å². The highest BCUT2D eigenvalue weighted by Crippen LogP contribution is 2.08. The molecular formula is C9H11ClO3S. The molecule has 0 saturated heterocycles. The summed E-state index contributed by atoms with van der Waals surface area (Å²) in [6, 6.07) is 5.99. The van der Waals surface area contributed by atoms with E-state index in [2.05, 4.69) is 6.58 Å². The summed E-state index contributed by atoms with van der Waals surface area (Å²) >= 11 is 4.76. The van der Waals surface area contributed by atoms with Gasteiger partial charge in [-0.1, -0.05) is 35.9 Å². The maximum atomic E-state index is 10.5. The number of benzene rings is 1. The third kappa shape index (κ3) is 5.01. The molecule has 0 aliphatic heterocycles. The monoisotopic (exact) mass is 234 g/mol. The second kappa shape index (κ2) is 5.80. The highest BCUT2D eigenvalue weighted by Gasteiger charge is 2.06. The Hall–Kier alpha value is -0.840. The van der Waals surface area contributed by atoms with Crippen LogP contribution in [0.25, 0.3) is 0 Å². The minimum absolute atomic E-state index is 0.0666. The normalized spacial score (nSPS) is 9.93. The summed E-state index contributed by atoms with van der Waals surface area (Å²) < 4.78 is 29.6. The molecule has 3 nitrogen and oxygen atoms in total. The highest BCUT2D eigenvalue weighted by molar-refractivity contribution is 7.85. The molecule has 0 aromatic heterocycles. The maximum Gasteiger partial charge on any atom is 0.294 e. The van der Waals surface area contributed by atoms with Crippen molar-refractivity contribution in [2.45, 2.75) is 11.8 Å². The molecule has 0 spiro atoms. The number of hydrogen-bond acceptors (Lipinski definition) is 2. The molecule has 0 bridgehead atoms. The van der Waals surface area contributed by atoms with Gasteiger partial charge in [0.05, 0.1) is 4.90 Å². The van der Waals surface area contributed by atoms with Crippen LogP contribution >= 0.6 is 11.6 Å². The molecule has 1 rings (SSSR count). The predicted octanol–water partition coefficient (Wildman–Crippen LogP) is 2.61. The minimum Gasteiger partial charge on any atom is -0.282 e. The maximum absolute atomic E-state index is 10.5. The lowest BCUT2D eigenvalue weighted by Crippen LogP contribution is -1.96. The molecule has 0 unspecified atom stereocenters. The molecule has 0 radical (unpaired) electrons. The Morgan fingerprint density at radius 2 is 1.71 bits per heavy atom. The van der Waals surface area contributed by atoms with E-state index in [1.54, 1.807) is 12.1 Å². The zero-order valence-corrected chi connectivity index (χ0v) is 9.22. The number of halogens is 1. The van der Waals surface area contributed by atoms with E-state index < -0.39 is 10.1 Å². The fraction of sp³-hybridized carbons (Fsp3) is 0.111. The molecule has 0 amide bonds. The second-order valence-electron chi connectivity index (χ2n) is 2.44. The number of aryl methyl sites for hydroxylation is 1. The van der Waals surface area contributed by atoms with Crippen molar-refractivity contribution >= 4 is 21.7 Å². The fourth-order valence-electron chi connectivity index (χ4n) is 0.710. The second-order valence-corrected chi connectivity index (χ2v) is 4.17. The first-order valence-corrected chi connectivity index (χ1v) is 5.54. The van der Waals surface area contributed by atoms with Gasteiger partial charge >= 0.3 is 0 Å². The minimum atomic E-state index is -4.02. The highest BCUT2D eigenvalue weighted by atomic mass is 35.5. The van der Waals surface area contributed by atoms with Gasteiger partial charge in [-0.05, 0) is 24.6 Å². The Morgan fingerprint density at radius 3 is 2.00 bits per heavy atom. The smallest absolute Gasteiger partial charge is 0.282 e. The summed E-state index contributed by atoms with van der Waals surface area (Å²) in [7, 11) is -4.02. The summed E-state index contributed by atoms with van der Waals surface area (Å²) in [6.07, 6.45) is 0. The number of rotatable bonds is 1. The average molecular weight is 235 g/mol. The molecule has 5 heteroatoms. The van der Waals surface area contributed by atoms with Crippen molar-refractivity contribution in [1.29, 1.82) is 0 Å². The van der Waals surface area contributed by atoms with E-state index in [-0.39, 0.29) is 4.90 Å². The SMILES string of the molecule is C=CCl.Cc1ccc(S(=O)(=O)O)cc1. The average Bonchev–Trinajstić information content (AvgIpc) is 2.04. The van der Waals surface area contributed by atoms with Crippen molar-refractivity contribution in [3.8, 4) is 0 Å². The molecule has 0 saturated carbocycles. The predicted molar refractivity (Wildman–Crippen MR) is 57.0 cm³/mol. The summed E-state index contributed by atoms with van der Waals surface area (Å²) in [5.41, 5.74) is 2.18. The Bertz CT molecular complexity index is 381. The molecule has 1 N–H and O–H groups in total. The first-order valence-electron chi connectivity index (χ1n) is 3.67. The molecular weight excluding hydrogens is 224 g/mol. The molecule has 78 valence electrons. The van der Waals surface area contributed by atoms with Gasteiger partial charge in [-0.15, -0.1) is 0 Å². The van der Waals surface area contributed by atoms with Gasteiger partial charge in [-0.25, -0.2) is 0 Å². The van der Waals surface area contributed by atoms with E-state index in [1.165, 1.54) is 17.7 Å². The largest absolute Gasteiger partial charge is 0.294 e. The van der Waals surface area contributed by atoms with Crippen LogP contribution in [0, 0.1) is 6.92 Å². The van der Waals surface area contributed by atoms with E-state index in [9.17, 15) is 8.42 Å². The quantitative estimate of drug-likeness (QED) is 0.760. The van der Waals surface area contributed by atoms with Crippen LogP contribution in [-0.2, 0) is 10.1 Å². The van der Waals surface area contributed by atoms with Gasteiger partial charge < -0.3 is 0 Å². The van der Waals surface area contributed by atoms with Crippen LogP contribution in [-0.4, -0.2) is 13.0 Å². The van der Waals surface area contributed by atoms with Crippen molar-refractivity contribution in [2.75, 3.05) is 0 Å². The van der Waals surface area contributed by atoms with Crippen molar-refractivity contribution in [1.82, 2.24) is 0 Å². The molecule has 0 aliphatic rings. The molecule has 0 atom stereocenters. The molecule has 1 aromatic carbocycles. The first-order chi connectivity index (χ1) is 6.41. The van der Waals surface area contributed by atoms with Crippen LogP contribution in [0.15, 0.2) is 41.3 Å². The van der Waals surface area contributed by atoms with Crippen LogP contribution in [0.3, 0.4) is 0 Å². The Morgan fingerprint density at radius 1 is 1.36 bits per heavy atom. The van der Waals surface area contributed by atoms with Crippen LogP contribution in [0.5, 0.6) is 0 Å². The Kier molecular flexibility index (Phi) is 5.45. The summed E-state index contributed by atoms with van der Waals surface area (Å²) in [5.74, 6) is 0. The first kappa shape index (κ1) is 13.2. The summed E-state index contributed by atoms with van der Waals surface area (Å²) in [6.45, 7) is 4.97. The molecule has 1 aromatic rings. The van der Waals surface area contributed by atoms with Crippen LogP contribution in [0.1, 0.15) is 5.56 Å². The van der Waals surface area contributed by atoms with E-state index in [0.29, 0.717) is 0 Å². The third-order valence-electron chi connectivity index (χ3n) is 1.32. The molecule has 0 heterocycles. The van der Waals surface area contributed by atoms with Gasteiger partial charge in [-0.3, -0.25) is 4.55 Å². The standard InChI is InChI=1S/C7H8O3S.C2H3Cl/c1-6-2-4-7(5-3-6)11(8,9)10;1-2-3/h2-5H,1H3,(H,8,9,10);2H,1H2. The number of hydrogen-bond donors (Lipinski definition) is 1. The van der Waals surface area contributed by atoms with Crippen LogP contribution in [0.4, 0.5) is 0 Å². The molecule has 14 heavy (non-hydrogen) atoms. The lowest BCUT2D eigenvalue weighted by Gasteiger charge is -1.95. The van der Waals surface area contributed by atoms with E-state index in [0.717, 1.165) is 5.56 Å². The van der Waals surface area contributed by atoms with Gasteiger partial charge in [0, 0.05) is 0 Å². The van der Waals surface area contributed by atoms with Crippen LogP contribution in [0.2, 0.25) is 0 Å². The van der Waals surface area contributed by atoms with Gasteiger partial charge in [0.15, 0.2) is 0 Å². The van der Waals surface area contributed by atoms with Gasteiger partial charge in [0.25, 0.3) is 10.1 Å². The van der Waals surface area contributed by atoms with E-state index in [4.69, 9.17) is 16.2 Å². The zero-order chi connectivity index (χ0) is 11.2. The Labute approximate surface area is 88.8 Å². The topological polar surface area (TPSA) is 54.4 Å². The molecule has 0 aliphatic carbocycles. The Balaban J connectivity index is 0.000000500. The lowest BCUT2D eigenvalue weighted by molar-refractivity contribution is 0.483. The summed E-state index contributed by atoms with van der Waals surface area (Å²) in [5, 5.41) is 0. The zero-order valence-electron chi connectivity index (χ0n) is 7.64.